The van der Waals surface area contributed by atoms with Crippen LogP contribution in [0.5, 0.6) is 23.0 Å². The first-order valence-corrected chi connectivity index (χ1v) is 8.11. The Morgan fingerprint density at radius 1 is 1.00 bits per heavy atom. The molecule has 134 valence electrons. The van der Waals surface area contributed by atoms with Crippen LogP contribution >= 0.6 is 0 Å². The first-order chi connectivity index (χ1) is 12.0. The fraction of sp³-hybridized carbons (Fsp3) is 0.350. The van der Waals surface area contributed by atoms with Gasteiger partial charge in [0.2, 0.25) is 5.75 Å². The van der Waals surface area contributed by atoms with Crippen LogP contribution in [0.4, 0.5) is 0 Å². The Morgan fingerprint density at radius 2 is 1.68 bits per heavy atom. The highest BCUT2D eigenvalue weighted by atomic mass is 16.5. The van der Waals surface area contributed by atoms with Crippen molar-refractivity contribution in [3.05, 3.63) is 47.5 Å². The number of hydrogen-bond donors (Lipinski definition) is 0. The lowest BCUT2D eigenvalue weighted by Gasteiger charge is -2.21. The SMILES string of the molecule is COc1cc(OCc2ccccc2)c(OC)c(OC(C)C)c1C(C)=O. The Morgan fingerprint density at radius 3 is 2.20 bits per heavy atom. The molecule has 0 atom stereocenters. The molecule has 2 aromatic carbocycles. The number of benzene rings is 2. The van der Waals surface area contributed by atoms with Gasteiger partial charge in [0.05, 0.1) is 20.3 Å². The molecular formula is C20H24O5. The summed E-state index contributed by atoms with van der Waals surface area (Å²) >= 11 is 0. The van der Waals surface area contributed by atoms with E-state index in [1.165, 1.54) is 21.1 Å². The van der Waals surface area contributed by atoms with Gasteiger partial charge in [0, 0.05) is 6.07 Å². The van der Waals surface area contributed by atoms with Crippen molar-refractivity contribution in [2.45, 2.75) is 33.5 Å². The van der Waals surface area contributed by atoms with Crippen LogP contribution in [-0.4, -0.2) is 26.1 Å². The van der Waals surface area contributed by atoms with Gasteiger partial charge in [-0.2, -0.15) is 0 Å². The number of rotatable bonds is 8. The van der Waals surface area contributed by atoms with E-state index in [4.69, 9.17) is 18.9 Å². The first kappa shape index (κ1) is 18.6. The van der Waals surface area contributed by atoms with Crippen molar-refractivity contribution in [1.82, 2.24) is 0 Å². The molecule has 0 fully saturated rings. The Kier molecular flexibility index (Phi) is 6.28. The second-order valence-corrected chi connectivity index (χ2v) is 5.81. The molecule has 0 radical (unpaired) electrons. The van der Waals surface area contributed by atoms with Gasteiger partial charge in [-0.05, 0) is 26.3 Å². The molecule has 0 amide bonds. The minimum absolute atomic E-state index is 0.138. The highest BCUT2D eigenvalue weighted by molar-refractivity contribution is 6.01. The number of carbonyl (C=O) groups is 1. The number of carbonyl (C=O) groups excluding carboxylic acids is 1. The van der Waals surface area contributed by atoms with Crippen molar-refractivity contribution >= 4 is 5.78 Å². The Balaban J connectivity index is 2.49. The molecular weight excluding hydrogens is 320 g/mol. The molecule has 0 aliphatic carbocycles. The Bertz CT molecular complexity index is 723. The average molecular weight is 344 g/mol. The van der Waals surface area contributed by atoms with Crippen LogP contribution in [0.1, 0.15) is 36.7 Å². The predicted octanol–water partition coefficient (Wildman–Crippen LogP) is 4.27. The second kappa shape index (κ2) is 8.42. The van der Waals surface area contributed by atoms with E-state index < -0.39 is 0 Å². The van der Waals surface area contributed by atoms with E-state index in [1.807, 2.05) is 44.2 Å². The smallest absolute Gasteiger partial charge is 0.204 e. The molecule has 0 heterocycles. The molecule has 25 heavy (non-hydrogen) atoms. The lowest BCUT2D eigenvalue weighted by molar-refractivity contribution is 0.100. The van der Waals surface area contributed by atoms with Crippen molar-refractivity contribution in [3.63, 3.8) is 0 Å². The summed E-state index contributed by atoms with van der Waals surface area (Å²) in [6.45, 7) is 5.59. The monoisotopic (exact) mass is 344 g/mol. The Labute approximate surface area is 148 Å². The zero-order valence-electron chi connectivity index (χ0n) is 15.3. The van der Waals surface area contributed by atoms with E-state index in [0.717, 1.165) is 5.56 Å². The van der Waals surface area contributed by atoms with Crippen LogP contribution in [0.15, 0.2) is 36.4 Å². The standard InChI is InChI=1S/C20H24O5/c1-13(2)25-20-18(14(3)21)16(22-4)11-17(19(20)23-5)24-12-15-9-7-6-8-10-15/h6-11,13H,12H2,1-5H3. The number of methoxy groups -OCH3 is 2. The van der Waals surface area contributed by atoms with Crippen LogP contribution in [0, 0.1) is 0 Å². The number of hydrogen-bond acceptors (Lipinski definition) is 5. The van der Waals surface area contributed by atoms with Gasteiger partial charge in [0.1, 0.15) is 17.9 Å². The van der Waals surface area contributed by atoms with Gasteiger partial charge >= 0.3 is 0 Å². The number of ether oxygens (including phenoxy) is 4. The van der Waals surface area contributed by atoms with E-state index in [9.17, 15) is 4.79 Å². The molecule has 0 unspecified atom stereocenters. The fourth-order valence-electron chi connectivity index (χ4n) is 2.47. The second-order valence-electron chi connectivity index (χ2n) is 5.81. The molecule has 0 saturated heterocycles. The van der Waals surface area contributed by atoms with Crippen LogP contribution in [0.25, 0.3) is 0 Å². The van der Waals surface area contributed by atoms with Crippen LogP contribution in [0.3, 0.4) is 0 Å². The largest absolute Gasteiger partial charge is 0.496 e. The molecule has 0 saturated carbocycles. The van der Waals surface area contributed by atoms with Gasteiger partial charge < -0.3 is 18.9 Å². The van der Waals surface area contributed by atoms with Crippen molar-refractivity contribution in [2.24, 2.45) is 0 Å². The summed E-state index contributed by atoms with van der Waals surface area (Å²) in [5.74, 6) is 1.42. The summed E-state index contributed by atoms with van der Waals surface area (Å²) in [5, 5.41) is 0. The van der Waals surface area contributed by atoms with Crippen molar-refractivity contribution in [2.75, 3.05) is 14.2 Å². The molecule has 0 aliphatic rings. The van der Waals surface area contributed by atoms with Crippen molar-refractivity contribution in [3.8, 4) is 23.0 Å². The summed E-state index contributed by atoms with van der Waals surface area (Å²) in [4.78, 5) is 12.1. The maximum atomic E-state index is 12.1. The summed E-state index contributed by atoms with van der Waals surface area (Å²) < 4.78 is 22.7. The molecule has 0 aliphatic heterocycles. The lowest BCUT2D eigenvalue weighted by Crippen LogP contribution is -2.12. The van der Waals surface area contributed by atoms with Gasteiger partial charge in [-0.15, -0.1) is 0 Å². The third kappa shape index (κ3) is 4.44. The Hall–Kier alpha value is -2.69. The van der Waals surface area contributed by atoms with E-state index in [-0.39, 0.29) is 11.9 Å². The van der Waals surface area contributed by atoms with E-state index in [0.29, 0.717) is 35.2 Å². The maximum Gasteiger partial charge on any atom is 0.204 e. The third-order valence-corrected chi connectivity index (χ3v) is 3.53. The molecule has 0 N–H and O–H groups in total. The third-order valence-electron chi connectivity index (χ3n) is 3.53. The van der Waals surface area contributed by atoms with Gasteiger partial charge in [-0.25, -0.2) is 0 Å². The quantitative estimate of drug-likeness (QED) is 0.669. The summed E-state index contributed by atoms with van der Waals surface area (Å²) in [7, 11) is 3.03. The van der Waals surface area contributed by atoms with E-state index in [2.05, 4.69) is 0 Å². The number of ketones is 1. The van der Waals surface area contributed by atoms with Crippen molar-refractivity contribution < 1.29 is 23.7 Å². The zero-order valence-corrected chi connectivity index (χ0v) is 15.3. The van der Waals surface area contributed by atoms with Gasteiger partial charge in [-0.3, -0.25) is 4.79 Å². The molecule has 0 spiro atoms. The molecule has 2 aromatic rings. The minimum atomic E-state index is -0.166. The van der Waals surface area contributed by atoms with Gasteiger partial charge in [0.15, 0.2) is 17.3 Å². The molecule has 0 bridgehead atoms. The topological polar surface area (TPSA) is 54.0 Å². The first-order valence-electron chi connectivity index (χ1n) is 8.11. The molecule has 0 aromatic heterocycles. The maximum absolute atomic E-state index is 12.1. The van der Waals surface area contributed by atoms with Crippen LogP contribution in [0.2, 0.25) is 0 Å². The summed E-state index contributed by atoms with van der Waals surface area (Å²) in [6, 6.07) is 11.4. The molecule has 2 rings (SSSR count). The average Bonchev–Trinajstić information content (AvgIpc) is 2.59. The summed E-state index contributed by atoms with van der Waals surface area (Å²) in [6.07, 6.45) is -0.138. The molecule has 5 nitrogen and oxygen atoms in total. The normalized spacial score (nSPS) is 10.5. The minimum Gasteiger partial charge on any atom is -0.496 e. The lowest BCUT2D eigenvalue weighted by atomic mass is 10.1. The van der Waals surface area contributed by atoms with Gasteiger partial charge in [0.25, 0.3) is 0 Å². The number of Topliss-reactive ketones (excluding diaryl/α,β-unsaturated/α-hetero) is 1. The van der Waals surface area contributed by atoms with E-state index >= 15 is 0 Å². The van der Waals surface area contributed by atoms with Gasteiger partial charge in [-0.1, -0.05) is 30.3 Å². The molecule has 5 heteroatoms. The highest BCUT2D eigenvalue weighted by Gasteiger charge is 2.25. The predicted molar refractivity (Wildman–Crippen MR) is 96.1 cm³/mol. The van der Waals surface area contributed by atoms with Crippen LogP contribution in [-0.2, 0) is 6.61 Å². The van der Waals surface area contributed by atoms with E-state index in [1.54, 1.807) is 6.07 Å². The van der Waals surface area contributed by atoms with Crippen LogP contribution < -0.4 is 18.9 Å². The highest BCUT2D eigenvalue weighted by Crippen LogP contribution is 2.46. The fourth-order valence-corrected chi connectivity index (χ4v) is 2.47. The summed E-state index contributed by atoms with van der Waals surface area (Å²) in [5.41, 5.74) is 1.37. The zero-order chi connectivity index (χ0) is 18.4. The van der Waals surface area contributed by atoms with Crippen molar-refractivity contribution in [1.29, 1.82) is 0 Å².